The lowest BCUT2D eigenvalue weighted by molar-refractivity contribution is -1.01. The smallest absolute Gasteiger partial charge is 0.206 e. The average Bonchev–Trinajstić information content (AvgIpc) is 3.17. The number of nitrogens with zero attached hydrogens (tertiary/aromatic N) is 4. The van der Waals surface area contributed by atoms with Crippen molar-refractivity contribution in [2.24, 2.45) is 0 Å². The minimum absolute atomic E-state index is 0.141. The normalized spacial score (nSPS) is 25.2. The number of hydrogen-bond donors (Lipinski definition) is 2. The molecule has 0 saturated carbocycles. The SMILES string of the molecule is Cc1nc2sc3c(c2c2nc(C[NH+]4CC[NH+](C)CC4)nn12)CC(C)(C)OC3. The molecular weight excluding hydrogens is 360 g/mol. The number of rotatable bonds is 2. The first-order valence-electron chi connectivity index (χ1n) is 9.85. The third kappa shape index (κ3) is 3.04. The third-order valence-electron chi connectivity index (χ3n) is 5.93. The number of hydrogen-bond acceptors (Lipinski definition) is 5. The molecule has 5 rings (SSSR count). The summed E-state index contributed by atoms with van der Waals surface area (Å²) in [7, 11) is 2.27. The molecule has 144 valence electrons. The maximum Gasteiger partial charge on any atom is 0.206 e. The zero-order valence-corrected chi connectivity index (χ0v) is 17.4. The van der Waals surface area contributed by atoms with Crippen LogP contribution in [0, 0.1) is 6.92 Å². The van der Waals surface area contributed by atoms with Gasteiger partial charge in [0.25, 0.3) is 0 Å². The molecule has 1 fully saturated rings. The summed E-state index contributed by atoms with van der Waals surface area (Å²) < 4.78 is 7.96. The van der Waals surface area contributed by atoms with Crippen LogP contribution in [-0.2, 0) is 24.3 Å². The molecule has 2 aliphatic rings. The van der Waals surface area contributed by atoms with Gasteiger partial charge in [-0.25, -0.2) is 9.97 Å². The van der Waals surface area contributed by atoms with E-state index >= 15 is 0 Å². The molecule has 7 nitrogen and oxygen atoms in total. The largest absolute Gasteiger partial charge is 0.370 e. The molecule has 2 aliphatic heterocycles. The van der Waals surface area contributed by atoms with Crippen LogP contribution >= 0.6 is 11.3 Å². The highest BCUT2D eigenvalue weighted by Gasteiger charge is 2.31. The summed E-state index contributed by atoms with van der Waals surface area (Å²) in [6.07, 6.45) is 0.900. The summed E-state index contributed by atoms with van der Waals surface area (Å²) in [6.45, 7) is 12.7. The van der Waals surface area contributed by atoms with Gasteiger partial charge >= 0.3 is 0 Å². The molecule has 0 aliphatic carbocycles. The van der Waals surface area contributed by atoms with Crippen LogP contribution in [0.4, 0.5) is 0 Å². The van der Waals surface area contributed by atoms with Crippen LogP contribution in [0.1, 0.15) is 35.9 Å². The molecule has 2 N–H and O–H groups in total. The van der Waals surface area contributed by atoms with Crippen LogP contribution in [0.5, 0.6) is 0 Å². The van der Waals surface area contributed by atoms with E-state index in [1.807, 2.05) is 11.4 Å². The third-order valence-corrected chi connectivity index (χ3v) is 7.03. The Balaban J connectivity index is 1.58. The molecule has 0 amide bonds. The van der Waals surface area contributed by atoms with Crippen molar-refractivity contribution in [2.45, 2.75) is 45.9 Å². The Labute approximate surface area is 162 Å². The number of aromatic nitrogens is 4. The summed E-state index contributed by atoms with van der Waals surface area (Å²) in [5.41, 5.74) is 2.19. The number of nitrogens with one attached hydrogen (secondary N) is 2. The standard InChI is InChI=1S/C19H26N6OS/c1-12-20-18-16(13-9-19(2,3)26-11-14(13)27-18)17-21-15(22-25(12)17)10-24-7-5-23(4)6-8-24/h5-11H2,1-4H3/p+2. The molecule has 3 aromatic rings. The topological polar surface area (TPSA) is 61.2 Å². The molecule has 0 atom stereocenters. The molecule has 0 unspecified atom stereocenters. The lowest BCUT2D eigenvalue weighted by Gasteiger charge is -2.30. The maximum atomic E-state index is 6.01. The van der Waals surface area contributed by atoms with Crippen molar-refractivity contribution in [1.82, 2.24) is 19.6 Å². The minimum Gasteiger partial charge on any atom is -0.370 e. The van der Waals surface area contributed by atoms with E-state index in [0.717, 1.165) is 35.1 Å². The fourth-order valence-electron chi connectivity index (χ4n) is 4.29. The lowest BCUT2D eigenvalue weighted by atomic mass is 9.94. The number of aryl methyl sites for hydroxylation is 1. The highest BCUT2D eigenvalue weighted by atomic mass is 32.1. The number of thiophene rings is 1. The Kier molecular flexibility index (Phi) is 4.02. The van der Waals surface area contributed by atoms with Crippen LogP contribution in [-0.4, -0.2) is 58.4 Å². The molecule has 27 heavy (non-hydrogen) atoms. The Morgan fingerprint density at radius 3 is 2.74 bits per heavy atom. The van der Waals surface area contributed by atoms with E-state index in [0.29, 0.717) is 6.61 Å². The van der Waals surface area contributed by atoms with Gasteiger partial charge in [0.15, 0.2) is 5.65 Å². The zero-order valence-electron chi connectivity index (χ0n) is 16.6. The van der Waals surface area contributed by atoms with E-state index < -0.39 is 0 Å². The summed E-state index contributed by atoms with van der Waals surface area (Å²) in [6, 6.07) is 0. The van der Waals surface area contributed by atoms with Gasteiger partial charge in [-0.3, -0.25) is 0 Å². The van der Waals surface area contributed by atoms with Gasteiger partial charge in [0, 0.05) is 11.3 Å². The van der Waals surface area contributed by atoms with Crippen molar-refractivity contribution >= 4 is 27.2 Å². The van der Waals surface area contributed by atoms with Crippen LogP contribution in [0.2, 0.25) is 0 Å². The molecule has 0 radical (unpaired) electrons. The van der Waals surface area contributed by atoms with Crippen LogP contribution in [0.25, 0.3) is 15.9 Å². The van der Waals surface area contributed by atoms with Crippen molar-refractivity contribution in [1.29, 1.82) is 0 Å². The van der Waals surface area contributed by atoms with Crippen LogP contribution in [0.15, 0.2) is 0 Å². The second-order valence-electron chi connectivity index (χ2n) is 8.72. The van der Waals surface area contributed by atoms with E-state index in [1.54, 1.807) is 21.1 Å². The van der Waals surface area contributed by atoms with E-state index in [9.17, 15) is 0 Å². The summed E-state index contributed by atoms with van der Waals surface area (Å²) in [5, 5.41) is 6.02. The van der Waals surface area contributed by atoms with E-state index in [1.165, 1.54) is 42.0 Å². The van der Waals surface area contributed by atoms with Gasteiger partial charge < -0.3 is 14.5 Å². The molecule has 5 heterocycles. The van der Waals surface area contributed by atoms with Crippen molar-refractivity contribution in [3.8, 4) is 0 Å². The quantitative estimate of drug-likeness (QED) is 0.616. The highest BCUT2D eigenvalue weighted by molar-refractivity contribution is 7.19. The Bertz CT molecular complexity index is 1010. The van der Waals surface area contributed by atoms with Gasteiger partial charge in [-0.2, -0.15) is 4.52 Å². The molecule has 0 bridgehead atoms. The van der Waals surface area contributed by atoms with Crippen molar-refractivity contribution in [2.75, 3.05) is 33.2 Å². The summed E-state index contributed by atoms with van der Waals surface area (Å²) >= 11 is 1.75. The zero-order chi connectivity index (χ0) is 18.8. The Morgan fingerprint density at radius 2 is 1.96 bits per heavy atom. The molecule has 1 saturated heterocycles. The number of quaternary nitrogens is 2. The molecular formula is C19H28N6OS+2. The number of likely N-dealkylation sites (N-methyl/N-ethyl adjacent to an activating group) is 1. The van der Waals surface area contributed by atoms with Gasteiger partial charge in [0.2, 0.25) is 5.82 Å². The van der Waals surface area contributed by atoms with Gasteiger partial charge in [-0.05, 0) is 26.3 Å². The van der Waals surface area contributed by atoms with Gasteiger partial charge in [0.1, 0.15) is 43.4 Å². The predicted molar refractivity (Wildman–Crippen MR) is 104 cm³/mol. The first-order chi connectivity index (χ1) is 12.9. The minimum atomic E-state index is -0.141. The van der Waals surface area contributed by atoms with Crippen LogP contribution < -0.4 is 9.80 Å². The molecule has 0 aromatic carbocycles. The van der Waals surface area contributed by atoms with E-state index in [-0.39, 0.29) is 5.60 Å². The number of piperazine rings is 1. The lowest BCUT2D eigenvalue weighted by Crippen LogP contribution is -3.26. The fourth-order valence-corrected chi connectivity index (χ4v) is 5.43. The summed E-state index contributed by atoms with van der Waals surface area (Å²) in [4.78, 5) is 15.4. The van der Waals surface area contributed by atoms with E-state index in [4.69, 9.17) is 19.8 Å². The van der Waals surface area contributed by atoms with Gasteiger partial charge in [-0.15, -0.1) is 16.4 Å². The van der Waals surface area contributed by atoms with E-state index in [2.05, 4.69) is 20.9 Å². The maximum absolute atomic E-state index is 6.01. The van der Waals surface area contributed by atoms with Crippen molar-refractivity contribution in [3.05, 3.63) is 22.1 Å². The monoisotopic (exact) mass is 388 g/mol. The van der Waals surface area contributed by atoms with Crippen LogP contribution in [0.3, 0.4) is 0 Å². The average molecular weight is 389 g/mol. The second kappa shape index (κ2) is 6.20. The predicted octanol–water partition coefficient (Wildman–Crippen LogP) is -0.588. The Morgan fingerprint density at radius 1 is 1.19 bits per heavy atom. The molecule has 8 heteroatoms. The molecule has 3 aromatic heterocycles. The number of ether oxygens (including phenoxy) is 1. The van der Waals surface area contributed by atoms with Gasteiger partial charge in [0.05, 0.1) is 24.6 Å². The second-order valence-corrected chi connectivity index (χ2v) is 9.80. The number of fused-ring (bicyclic) bond motifs is 5. The van der Waals surface area contributed by atoms with Crippen molar-refractivity contribution in [3.63, 3.8) is 0 Å². The summed E-state index contributed by atoms with van der Waals surface area (Å²) in [5.74, 6) is 1.85. The van der Waals surface area contributed by atoms with Crippen molar-refractivity contribution < 1.29 is 14.5 Å². The fraction of sp³-hybridized carbons (Fsp3) is 0.632. The van der Waals surface area contributed by atoms with Gasteiger partial charge in [-0.1, -0.05) is 0 Å². The molecule has 0 spiro atoms. The first kappa shape index (κ1) is 17.5. The highest BCUT2D eigenvalue weighted by Crippen LogP contribution is 2.39. The Hall–Kier alpha value is -1.61. The first-order valence-corrected chi connectivity index (χ1v) is 10.7.